The van der Waals surface area contributed by atoms with Gasteiger partial charge in [-0.25, -0.2) is 0 Å². The van der Waals surface area contributed by atoms with Crippen molar-refractivity contribution in [2.75, 3.05) is 0 Å². The largest absolute Gasteiger partial charge is 0.317 e. The molecule has 0 aliphatic rings. The lowest BCUT2D eigenvalue weighted by Gasteiger charge is -2.08. The van der Waals surface area contributed by atoms with E-state index in [-0.39, 0.29) is 0 Å². The molecule has 3 aromatic rings. The van der Waals surface area contributed by atoms with Gasteiger partial charge in [0.25, 0.3) is 0 Å². The minimum atomic E-state index is 0.664. The summed E-state index contributed by atoms with van der Waals surface area (Å²) in [6, 6.07) is 22.7. The van der Waals surface area contributed by atoms with Gasteiger partial charge in [0.05, 0.1) is 11.6 Å². The summed E-state index contributed by atoms with van der Waals surface area (Å²) < 4.78 is 2.09. The molecule has 0 aliphatic heterocycles. The van der Waals surface area contributed by atoms with Gasteiger partial charge in [-0.15, -0.1) is 0 Å². The van der Waals surface area contributed by atoms with Crippen LogP contribution < -0.4 is 0 Å². The topological polar surface area (TPSA) is 28.7 Å². The molecular formula is C21H18N2. The van der Waals surface area contributed by atoms with Crippen molar-refractivity contribution >= 4 is 11.6 Å². The van der Waals surface area contributed by atoms with Crippen LogP contribution in [0.4, 0.5) is 0 Å². The molecule has 0 N–H and O–H groups in total. The molecule has 0 saturated heterocycles. The number of allylic oxidation sites excluding steroid dienone is 1. The third kappa shape index (κ3) is 3.25. The highest BCUT2D eigenvalue weighted by atomic mass is 15.0. The Hall–Kier alpha value is -3.05. The van der Waals surface area contributed by atoms with Gasteiger partial charge in [0.2, 0.25) is 0 Å². The van der Waals surface area contributed by atoms with Gasteiger partial charge in [-0.1, -0.05) is 47.5 Å². The molecule has 112 valence electrons. The third-order valence-corrected chi connectivity index (χ3v) is 3.87. The van der Waals surface area contributed by atoms with Gasteiger partial charge in [-0.3, -0.25) is 0 Å². The summed E-state index contributed by atoms with van der Waals surface area (Å²) in [4.78, 5) is 0. The van der Waals surface area contributed by atoms with Gasteiger partial charge >= 0.3 is 0 Å². The molecule has 2 aromatic carbocycles. The van der Waals surface area contributed by atoms with E-state index < -0.39 is 0 Å². The van der Waals surface area contributed by atoms with Crippen LogP contribution >= 0.6 is 0 Å². The highest BCUT2D eigenvalue weighted by Gasteiger charge is 2.05. The van der Waals surface area contributed by atoms with Crippen LogP contribution in [-0.4, -0.2) is 4.57 Å². The maximum Gasteiger partial charge on any atom is 0.0998 e. The number of hydrogen-bond acceptors (Lipinski definition) is 1. The van der Waals surface area contributed by atoms with E-state index in [1.165, 1.54) is 11.1 Å². The predicted octanol–water partition coefficient (Wildman–Crippen LogP) is 5.16. The molecule has 0 unspecified atom stereocenters. The summed E-state index contributed by atoms with van der Waals surface area (Å²) in [7, 11) is 0. The molecule has 0 radical (unpaired) electrons. The zero-order valence-electron chi connectivity index (χ0n) is 13.3. The fourth-order valence-electron chi connectivity index (χ4n) is 2.51. The minimum absolute atomic E-state index is 0.664. The van der Waals surface area contributed by atoms with Crippen LogP contribution in [0.25, 0.3) is 17.3 Å². The fourth-order valence-corrected chi connectivity index (χ4v) is 2.51. The first-order valence-electron chi connectivity index (χ1n) is 7.60. The molecule has 0 spiro atoms. The number of nitriles is 1. The first-order valence-corrected chi connectivity index (χ1v) is 7.60. The number of hydrogen-bond donors (Lipinski definition) is 0. The molecule has 1 heterocycles. The fraction of sp³-hybridized carbons (Fsp3) is 0.0952. The van der Waals surface area contributed by atoms with Crippen molar-refractivity contribution in [3.8, 4) is 11.8 Å². The van der Waals surface area contributed by atoms with Gasteiger partial charge in [0.15, 0.2) is 0 Å². The second-order valence-corrected chi connectivity index (χ2v) is 5.67. The molecule has 2 heteroatoms. The lowest BCUT2D eigenvalue weighted by Crippen LogP contribution is -1.95. The lowest BCUT2D eigenvalue weighted by molar-refractivity contribution is 1.06. The average Bonchev–Trinajstić information content (AvgIpc) is 3.02. The van der Waals surface area contributed by atoms with E-state index in [1.807, 2.05) is 55.6 Å². The molecule has 0 aliphatic carbocycles. The Morgan fingerprint density at radius 3 is 2.13 bits per heavy atom. The second-order valence-electron chi connectivity index (χ2n) is 5.67. The number of aryl methyl sites for hydroxylation is 2. The van der Waals surface area contributed by atoms with Crippen LogP contribution in [0.15, 0.2) is 66.9 Å². The molecular weight excluding hydrogens is 280 g/mol. The van der Waals surface area contributed by atoms with Crippen molar-refractivity contribution in [3.05, 3.63) is 89.2 Å². The van der Waals surface area contributed by atoms with Crippen LogP contribution in [0.3, 0.4) is 0 Å². The van der Waals surface area contributed by atoms with Crippen LogP contribution in [0.1, 0.15) is 22.4 Å². The maximum absolute atomic E-state index is 9.52. The first-order chi connectivity index (χ1) is 11.2. The average molecular weight is 298 g/mol. The molecule has 0 amide bonds. The highest BCUT2D eigenvalue weighted by molar-refractivity contribution is 5.89. The number of rotatable bonds is 3. The SMILES string of the molecule is Cc1ccc(/C(C#N)=C\c2cccn2-c2ccc(C)cc2)cc1. The first kappa shape index (κ1) is 14.9. The summed E-state index contributed by atoms with van der Waals surface area (Å²) in [5, 5.41) is 9.52. The molecule has 0 fully saturated rings. The van der Waals surface area contributed by atoms with Gasteiger partial charge in [0.1, 0.15) is 0 Å². The highest BCUT2D eigenvalue weighted by Crippen LogP contribution is 2.21. The zero-order valence-corrected chi connectivity index (χ0v) is 13.3. The minimum Gasteiger partial charge on any atom is -0.317 e. The quantitative estimate of drug-likeness (QED) is 0.614. The smallest absolute Gasteiger partial charge is 0.0998 e. The molecule has 2 nitrogen and oxygen atoms in total. The van der Waals surface area contributed by atoms with Crippen molar-refractivity contribution in [2.24, 2.45) is 0 Å². The Morgan fingerprint density at radius 1 is 0.913 bits per heavy atom. The van der Waals surface area contributed by atoms with E-state index in [9.17, 15) is 5.26 Å². The van der Waals surface area contributed by atoms with E-state index >= 15 is 0 Å². The Kier molecular flexibility index (Phi) is 4.12. The molecule has 1 aromatic heterocycles. The summed E-state index contributed by atoms with van der Waals surface area (Å²) in [5.74, 6) is 0. The van der Waals surface area contributed by atoms with Crippen LogP contribution in [-0.2, 0) is 0 Å². The Morgan fingerprint density at radius 2 is 1.52 bits per heavy atom. The lowest BCUT2D eigenvalue weighted by atomic mass is 10.0. The number of nitrogens with zero attached hydrogens (tertiary/aromatic N) is 2. The van der Waals surface area contributed by atoms with E-state index in [2.05, 4.69) is 41.8 Å². The van der Waals surface area contributed by atoms with Gasteiger partial charge < -0.3 is 4.57 Å². The predicted molar refractivity (Wildman–Crippen MR) is 95.2 cm³/mol. The van der Waals surface area contributed by atoms with Gasteiger partial charge in [0, 0.05) is 17.6 Å². The van der Waals surface area contributed by atoms with Gasteiger partial charge in [-0.2, -0.15) is 5.26 Å². The molecule has 0 saturated carbocycles. The van der Waals surface area contributed by atoms with Crippen LogP contribution in [0.5, 0.6) is 0 Å². The number of aromatic nitrogens is 1. The van der Waals surface area contributed by atoms with Gasteiger partial charge in [-0.05, 0) is 49.8 Å². The molecule has 23 heavy (non-hydrogen) atoms. The molecule has 0 bridgehead atoms. The summed E-state index contributed by atoms with van der Waals surface area (Å²) >= 11 is 0. The van der Waals surface area contributed by atoms with Crippen molar-refractivity contribution in [1.82, 2.24) is 4.57 Å². The third-order valence-electron chi connectivity index (χ3n) is 3.87. The Bertz CT molecular complexity index is 873. The summed E-state index contributed by atoms with van der Waals surface area (Å²) in [5.41, 5.74) is 6.11. The van der Waals surface area contributed by atoms with Crippen molar-refractivity contribution in [1.29, 1.82) is 5.26 Å². The maximum atomic E-state index is 9.52. The van der Waals surface area contributed by atoms with Crippen LogP contribution in [0, 0.1) is 25.2 Å². The van der Waals surface area contributed by atoms with E-state index in [4.69, 9.17) is 0 Å². The normalized spacial score (nSPS) is 11.3. The standard InChI is InChI=1S/C21H18N2/c1-16-5-9-18(10-6-16)19(15-22)14-21-4-3-13-23(21)20-11-7-17(2)8-12-20/h3-14H,1-2H3/b19-14-. The van der Waals surface area contributed by atoms with Crippen LogP contribution in [0.2, 0.25) is 0 Å². The van der Waals surface area contributed by atoms with Crippen molar-refractivity contribution < 1.29 is 0 Å². The summed E-state index contributed by atoms with van der Waals surface area (Å²) in [6.45, 7) is 4.12. The zero-order chi connectivity index (χ0) is 16.2. The van der Waals surface area contributed by atoms with E-state index in [1.54, 1.807) is 0 Å². The second kappa shape index (κ2) is 6.37. The Labute approximate surface area is 136 Å². The monoisotopic (exact) mass is 298 g/mol. The molecule has 3 rings (SSSR count). The van der Waals surface area contributed by atoms with E-state index in [0.29, 0.717) is 5.57 Å². The Balaban J connectivity index is 2.02. The summed E-state index contributed by atoms with van der Waals surface area (Å²) in [6.07, 6.45) is 3.95. The van der Waals surface area contributed by atoms with E-state index in [0.717, 1.165) is 16.9 Å². The van der Waals surface area contributed by atoms with Crippen molar-refractivity contribution in [3.63, 3.8) is 0 Å². The number of benzene rings is 2. The van der Waals surface area contributed by atoms with Crippen molar-refractivity contribution in [2.45, 2.75) is 13.8 Å². The molecule has 0 atom stereocenters.